The standard InChI is InChI=1S/C24H23N3O4/c1-31-24(30)15-10-8-14(9-11-15)21-17(16-5-2-3-6-18(16)25-21)13-19-23(29)27-12-4-7-20(27)22(28)26-19/h2-3,5-6,8-11,19-20,25H,4,7,12-13H2,1H3,(H,26,28)/t19-,20+/m0/s1. The molecule has 2 aromatic carbocycles. The lowest BCUT2D eigenvalue weighted by atomic mass is 9.96. The van der Waals surface area contributed by atoms with Crippen molar-refractivity contribution in [2.45, 2.75) is 31.3 Å². The number of rotatable bonds is 4. The smallest absolute Gasteiger partial charge is 0.337 e. The number of H-pyrrole nitrogens is 1. The summed E-state index contributed by atoms with van der Waals surface area (Å²) in [6, 6.07) is 14.2. The Hall–Kier alpha value is -3.61. The lowest BCUT2D eigenvalue weighted by molar-refractivity contribution is -0.146. The summed E-state index contributed by atoms with van der Waals surface area (Å²) < 4.78 is 4.78. The van der Waals surface area contributed by atoms with Crippen LogP contribution in [0.2, 0.25) is 0 Å². The van der Waals surface area contributed by atoms with Crippen LogP contribution in [0.4, 0.5) is 0 Å². The maximum Gasteiger partial charge on any atom is 0.337 e. The third-order valence-electron chi connectivity index (χ3n) is 6.27. The van der Waals surface area contributed by atoms with Crippen molar-refractivity contribution in [3.05, 3.63) is 59.7 Å². The highest BCUT2D eigenvalue weighted by Gasteiger charge is 2.43. The van der Waals surface area contributed by atoms with Crippen LogP contribution in [0.3, 0.4) is 0 Å². The largest absolute Gasteiger partial charge is 0.465 e. The van der Waals surface area contributed by atoms with Crippen LogP contribution in [0.5, 0.6) is 0 Å². The average molecular weight is 417 g/mol. The van der Waals surface area contributed by atoms with Gasteiger partial charge < -0.3 is 19.9 Å². The number of piperazine rings is 1. The Morgan fingerprint density at radius 3 is 2.68 bits per heavy atom. The molecule has 2 N–H and O–H groups in total. The molecule has 1 aromatic heterocycles. The topological polar surface area (TPSA) is 91.5 Å². The minimum absolute atomic E-state index is 0.0145. The van der Waals surface area contributed by atoms with Crippen molar-refractivity contribution >= 4 is 28.7 Å². The number of benzene rings is 2. The summed E-state index contributed by atoms with van der Waals surface area (Å²) in [4.78, 5) is 42.6. The summed E-state index contributed by atoms with van der Waals surface area (Å²) in [5.41, 5.74) is 4.17. The fraction of sp³-hybridized carbons (Fsp3) is 0.292. The lowest BCUT2D eigenvalue weighted by Crippen LogP contribution is -2.61. The molecule has 0 bridgehead atoms. The number of hydrogen-bond acceptors (Lipinski definition) is 4. The Bertz CT molecular complexity index is 1180. The highest BCUT2D eigenvalue weighted by molar-refractivity contribution is 5.99. The molecule has 5 rings (SSSR count). The number of amides is 2. The first kappa shape index (κ1) is 19.4. The Labute approximate surface area is 179 Å². The molecule has 2 aliphatic rings. The number of aromatic amines is 1. The SMILES string of the molecule is COC(=O)c1ccc(-c2[nH]c3ccccc3c2C[C@@H]2NC(=O)[C@H]3CCCN3C2=O)cc1. The Morgan fingerprint density at radius 1 is 1.13 bits per heavy atom. The van der Waals surface area contributed by atoms with Crippen molar-refractivity contribution in [2.24, 2.45) is 0 Å². The molecule has 2 saturated heterocycles. The van der Waals surface area contributed by atoms with Crippen molar-refractivity contribution in [1.29, 1.82) is 0 Å². The molecule has 158 valence electrons. The highest BCUT2D eigenvalue weighted by atomic mass is 16.5. The van der Waals surface area contributed by atoms with Crippen LogP contribution in [0.15, 0.2) is 48.5 Å². The van der Waals surface area contributed by atoms with Crippen molar-refractivity contribution < 1.29 is 19.1 Å². The van der Waals surface area contributed by atoms with Gasteiger partial charge in [0.25, 0.3) is 0 Å². The van der Waals surface area contributed by atoms with Gasteiger partial charge in [-0.25, -0.2) is 4.79 Å². The van der Waals surface area contributed by atoms with Crippen LogP contribution < -0.4 is 5.32 Å². The molecule has 2 fully saturated rings. The van der Waals surface area contributed by atoms with E-state index >= 15 is 0 Å². The van der Waals surface area contributed by atoms with Crippen LogP contribution in [0.25, 0.3) is 22.2 Å². The summed E-state index contributed by atoms with van der Waals surface area (Å²) in [5.74, 6) is -0.468. The van der Waals surface area contributed by atoms with Crippen molar-refractivity contribution in [3.8, 4) is 11.3 Å². The Morgan fingerprint density at radius 2 is 1.90 bits per heavy atom. The maximum absolute atomic E-state index is 13.1. The van der Waals surface area contributed by atoms with Crippen LogP contribution in [-0.2, 0) is 20.7 Å². The van der Waals surface area contributed by atoms with E-state index in [1.807, 2.05) is 36.4 Å². The second kappa shape index (κ2) is 7.58. The van der Waals surface area contributed by atoms with Gasteiger partial charge in [0.15, 0.2) is 0 Å². The van der Waals surface area contributed by atoms with Crippen molar-refractivity contribution in [1.82, 2.24) is 15.2 Å². The molecule has 3 heterocycles. The van der Waals surface area contributed by atoms with E-state index in [1.54, 1.807) is 17.0 Å². The van der Waals surface area contributed by atoms with Gasteiger partial charge in [0.05, 0.1) is 12.7 Å². The lowest BCUT2D eigenvalue weighted by Gasteiger charge is -2.34. The third kappa shape index (κ3) is 3.26. The first-order chi connectivity index (χ1) is 15.1. The van der Waals surface area contributed by atoms with E-state index in [-0.39, 0.29) is 23.8 Å². The number of aromatic nitrogens is 1. The molecule has 31 heavy (non-hydrogen) atoms. The van der Waals surface area contributed by atoms with Gasteiger partial charge in [-0.3, -0.25) is 9.59 Å². The van der Waals surface area contributed by atoms with E-state index in [0.717, 1.165) is 40.6 Å². The van der Waals surface area contributed by atoms with Crippen LogP contribution in [-0.4, -0.2) is 53.4 Å². The zero-order valence-corrected chi connectivity index (χ0v) is 17.2. The van der Waals surface area contributed by atoms with Gasteiger partial charge in [0.1, 0.15) is 12.1 Å². The molecule has 7 nitrogen and oxygen atoms in total. The maximum atomic E-state index is 13.1. The fourth-order valence-electron chi connectivity index (χ4n) is 4.72. The number of para-hydroxylation sites is 1. The number of nitrogens with one attached hydrogen (secondary N) is 2. The number of fused-ring (bicyclic) bond motifs is 2. The van der Waals surface area contributed by atoms with Crippen LogP contribution in [0, 0.1) is 0 Å². The number of methoxy groups -OCH3 is 1. The Balaban J connectivity index is 1.53. The van der Waals surface area contributed by atoms with E-state index in [9.17, 15) is 14.4 Å². The molecule has 0 unspecified atom stereocenters. The fourth-order valence-corrected chi connectivity index (χ4v) is 4.72. The molecule has 2 amide bonds. The quantitative estimate of drug-likeness (QED) is 0.639. The minimum atomic E-state index is -0.589. The predicted molar refractivity (Wildman–Crippen MR) is 115 cm³/mol. The summed E-state index contributed by atoms with van der Waals surface area (Å²) in [7, 11) is 1.35. The molecule has 2 atom stereocenters. The van der Waals surface area contributed by atoms with Crippen LogP contribution >= 0.6 is 0 Å². The molecule has 0 spiro atoms. The zero-order valence-electron chi connectivity index (χ0n) is 17.2. The summed E-state index contributed by atoms with van der Waals surface area (Å²) in [5, 5.41) is 3.96. The van der Waals surface area contributed by atoms with E-state index in [0.29, 0.717) is 18.5 Å². The van der Waals surface area contributed by atoms with Gasteiger partial charge in [-0.1, -0.05) is 30.3 Å². The van der Waals surface area contributed by atoms with E-state index in [4.69, 9.17) is 4.74 Å². The number of ether oxygens (including phenoxy) is 1. The average Bonchev–Trinajstić information content (AvgIpc) is 3.43. The summed E-state index contributed by atoms with van der Waals surface area (Å²) >= 11 is 0. The number of nitrogens with zero attached hydrogens (tertiary/aromatic N) is 1. The van der Waals surface area contributed by atoms with E-state index < -0.39 is 6.04 Å². The molecule has 0 radical (unpaired) electrons. The predicted octanol–water partition coefficient (Wildman–Crippen LogP) is 2.65. The molecular weight excluding hydrogens is 394 g/mol. The van der Waals surface area contributed by atoms with Gasteiger partial charge >= 0.3 is 5.97 Å². The molecule has 2 aliphatic heterocycles. The first-order valence-corrected chi connectivity index (χ1v) is 10.5. The minimum Gasteiger partial charge on any atom is -0.465 e. The second-order valence-corrected chi connectivity index (χ2v) is 8.05. The van der Waals surface area contributed by atoms with E-state index in [1.165, 1.54) is 7.11 Å². The van der Waals surface area contributed by atoms with Gasteiger partial charge in [-0.15, -0.1) is 0 Å². The van der Waals surface area contributed by atoms with Crippen LogP contribution in [0.1, 0.15) is 28.8 Å². The second-order valence-electron chi connectivity index (χ2n) is 8.05. The molecule has 0 aliphatic carbocycles. The Kier molecular flexibility index (Phi) is 4.73. The van der Waals surface area contributed by atoms with Gasteiger partial charge in [-0.2, -0.15) is 0 Å². The number of carbonyl (C=O) groups excluding carboxylic acids is 3. The molecule has 7 heteroatoms. The monoisotopic (exact) mass is 417 g/mol. The normalized spacial score (nSPS) is 20.6. The number of carbonyl (C=O) groups is 3. The van der Waals surface area contributed by atoms with Crippen molar-refractivity contribution in [2.75, 3.05) is 13.7 Å². The molecule has 3 aromatic rings. The van der Waals surface area contributed by atoms with Gasteiger partial charge in [0, 0.05) is 29.6 Å². The zero-order chi connectivity index (χ0) is 21.5. The van der Waals surface area contributed by atoms with Gasteiger partial charge in [0.2, 0.25) is 11.8 Å². The summed E-state index contributed by atoms with van der Waals surface area (Å²) in [6.07, 6.45) is 1.99. The number of hydrogen-bond donors (Lipinski definition) is 2. The first-order valence-electron chi connectivity index (χ1n) is 10.5. The number of esters is 1. The summed E-state index contributed by atoms with van der Waals surface area (Å²) in [6.45, 7) is 0.642. The molecule has 0 saturated carbocycles. The molecular formula is C24H23N3O4. The third-order valence-corrected chi connectivity index (χ3v) is 6.27. The van der Waals surface area contributed by atoms with E-state index in [2.05, 4.69) is 10.3 Å². The van der Waals surface area contributed by atoms with Gasteiger partial charge in [-0.05, 0) is 42.2 Å². The van der Waals surface area contributed by atoms with Crippen molar-refractivity contribution in [3.63, 3.8) is 0 Å². The highest BCUT2D eigenvalue weighted by Crippen LogP contribution is 2.33.